The van der Waals surface area contributed by atoms with E-state index in [0.29, 0.717) is 0 Å². The molecule has 0 atom stereocenters. The summed E-state index contributed by atoms with van der Waals surface area (Å²) in [5.41, 5.74) is 12.5. The van der Waals surface area contributed by atoms with Crippen molar-refractivity contribution in [3.05, 3.63) is 200 Å². The molecule has 0 spiro atoms. The molecule has 0 radical (unpaired) electrons. The normalized spacial score (nSPS) is 13.2. The molecule has 3 heteroatoms. The number of hydrogen-bond acceptors (Lipinski definition) is 2. The molecule has 0 bridgehead atoms. The molecule has 2 nitrogen and oxygen atoms in total. The SMILES string of the molecule is C1=C(c2ccc(N(c3ccccc3)c3ccc4sc5ccc(-c6ccc7ccccc7c6)cc5c4c3)cc2)CCC(n2c3ccccc3c3ccccc32)=C1. The maximum atomic E-state index is 2.45. The topological polar surface area (TPSA) is 8.17 Å². The molecule has 0 amide bonds. The molecular formula is C52H36N2S. The third kappa shape index (κ3) is 5.47. The first kappa shape index (κ1) is 31.8. The predicted octanol–water partition coefficient (Wildman–Crippen LogP) is 15.2. The van der Waals surface area contributed by atoms with Gasteiger partial charge in [0.05, 0.1) is 11.0 Å². The van der Waals surface area contributed by atoms with Crippen LogP contribution in [0.4, 0.5) is 17.1 Å². The summed E-state index contributed by atoms with van der Waals surface area (Å²) in [6.45, 7) is 0. The van der Waals surface area contributed by atoms with Gasteiger partial charge < -0.3 is 9.47 Å². The summed E-state index contributed by atoms with van der Waals surface area (Å²) < 4.78 is 5.06. The van der Waals surface area contributed by atoms with Crippen molar-refractivity contribution in [1.29, 1.82) is 0 Å². The van der Waals surface area contributed by atoms with Crippen molar-refractivity contribution >= 4 is 92.4 Å². The zero-order chi connectivity index (χ0) is 36.3. The van der Waals surface area contributed by atoms with Crippen LogP contribution < -0.4 is 4.90 Å². The maximum absolute atomic E-state index is 2.45. The summed E-state index contributed by atoms with van der Waals surface area (Å²) in [5.74, 6) is 0. The fourth-order valence-corrected chi connectivity index (χ4v) is 9.65. The molecule has 0 N–H and O–H groups in total. The van der Waals surface area contributed by atoms with Crippen LogP contribution in [0.15, 0.2) is 194 Å². The minimum Gasteiger partial charge on any atom is -0.313 e. The summed E-state index contributed by atoms with van der Waals surface area (Å²) in [7, 11) is 0. The van der Waals surface area contributed by atoms with E-state index in [2.05, 4.69) is 204 Å². The molecule has 8 aromatic carbocycles. The second kappa shape index (κ2) is 13.0. The lowest BCUT2D eigenvalue weighted by Gasteiger charge is -2.26. The molecule has 2 aromatic heterocycles. The molecule has 55 heavy (non-hydrogen) atoms. The van der Waals surface area contributed by atoms with Crippen LogP contribution in [0.3, 0.4) is 0 Å². The molecular weight excluding hydrogens is 685 g/mol. The third-order valence-electron chi connectivity index (χ3n) is 11.3. The van der Waals surface area contributed by atoms with Gasteiger partial charge in [-0.3, -0.25) is 0 Å². The number of benzene rings is 8. The quantitative estimate of drug-likeness (QED) is 0.166. The Balaban J connectivity index is 0.950. The van der Waals surface area contributed by atoms with Crippen LogP contribution in [0, 0.1) is 0 Å². The van der Waals surface area contributed by atoms with Gasteiger partial charge in [0.2, 0.25) is 0 Å². The van der Waals surface area contributed by atoms with Gasteiger partial charge in [0, 0.05) is 53.7 Å². The highest BCUT2D eigenvalue weighted by atomic mass is 32.1. The number of anilines is 3. The molecule has 0 saturated carbocycles. The van der Waals surface area contributed by atoms with Crippen molar-refractivity contribution < 1.29 is 0 Å². The van der Waals surface area contributed by atoms with Crippen molar-refractivity contribution in [3.8, 4) is 11.1 Å². The van der Waals surface area contributed by atoms with Crippen molar-refractivity contribution in [2.24, 2.45) is 0 Å². The standard InChI is InChI=1S/C52H36N2S/c1-2-12-41(13-3-1)53(44-29-31-52-48(34-44)47-33-40(24-30-51(47)55-52)39-19-18-35-10-4-5-11-38(35)32-39)42-25-20-36(21-26-42)37-22-27-43(28-23-37)54-49-16-8-6-14-45(49)46-15-7-9-17-50(46)54/h1-22,24-27,29-34H,23,28H2. The highest BCUT2D eigenvalue weighted by Crippen LogP contribution is 2.43. The predicted molar refractivity (Wildman–Crippen MR) is 238 cm³/mol. The third-order valence-corrected chi connectivity index (χ3v) is 12.5. The van der Waals surface area contributed by atoms with Gasteiger partial charge in [0.25, 0.3) is 0 Å². The molecule has 2 heterocycles. The Morgan fingerprint density at radius 2 is 0.982 bits per heavy atom. The molecule has 10 aromatic rings. The van der Waals surface area contributed by atoms with E-state index in [-0.39, 0.29) is 0 Å². The second-order valence-corrected chi connectivity index (χ2v) is 15.6. The summed E-state index contributed by atoms with van der Waals surface area (Å²) in [6.07, 6.45) is 6.64. The smallest absolute Gasteiger partial charge is 0.0537 e. The van der Waals surface area contributed by atoms with E-state index in [4.69, 9.17) is 0 Å². The minimum absolute atomic E-state index is 0.990. The van der Waals surface area contributed by atoms with Crippen molar-refractivity contribution in [2.75, 3.05) is 4.90 Å². The molecule has 1 aliphatic carbocycles. The van der Waals surface area contributed by atoms with Gasteiger partial charge in [0.1, 0.15) is 0 Å². The number of hydrogen-bond donors (Lipinski definition) is 0. The van der Waals surface area contributed by atoms with Crippen LogP contribution in [-0.2, 0) is 0 Å². The zero-order valence-corrected chi connectivity index (χ0v) is 31.0. The van der Waals surface area contributed by atoms with Crippen LogP contribution in [0.2, 0.25) is 0 Å². The Morgan fingerprint density at radius 3 is 1.73 bits per heavy atom. The molecule has 0 aliphatic heterocycles. The first-order valence-corrected chi connectivity index (χ1v) is 19.9. The molecule has 260 valence electrons. The van der Waals surface area contributed by atoms with Gasteiger partial charge in [-0.1, -0.05) is 115 Å². The monoisotopic (exact) mass is 720 g/mol. The number of rotatable bonds is 6. The molecule has 0 saturated heterocycles. The van der Waals surface area contributed by atoms with Crippen molar-refractivity contribution in [2.45, 2.75) is 12.8 Å². The molecule has 0 fully saturated rings. The lowest BCUT2D eigenvalue weighted by molar-refractivity contribution is 0.992. The highest BCUT2D eigenvalue weighted by Gasteiger charge is 2.18. The van der Waals surface area contributed by atoms with Crippen LogP contribution >= 0.6 is 11.3 Å². The minimum atomic E-state index is 0.990. The second-order valence-electron chi connectivity index (χ2n) is 14.5. The van der Waals surface area contributed by atoms with Crippen LogP contribution in [0.5, 0.6) is 0 Å². The Labute approximate surface area is 324 Å². The first-order chi connectivity index (χ1) is 27.2. The number of aromatic nitrogens is 1. The Bertz CT molecular complexity index is 3090. The number of para-hydroxylation sites is 3. The summed E-state index contributed by atoms with van der Waals surface area (Å²) >= 11 is 1.87. The van der Waals surface area contributed by atoms with Crippen molar-refractivity contribution in [1.82, 2.24) is 4.57 Å². The van der Waals surface area contributed by atoms with Crippen LogP contribution in [0.25, 0.3) is 75.1 Å². The van der Waals surface area contributed by atoms with E-state index in [1.165, 1.54) is 80.7 Å². The Kier molecular flexibility index (Phi) is 7.53. The lowest BCUT2D eigenvalue weighted by atomic mass is 9.95. The zero-order valence-electron chi connectivity index (χ0n) is 30.2. The molecule has 11 rings (SSSR count). The van der Waals surface area contributed by atoms with E-state index in [9.17, 15) is 0 Å². The van der Waals surface area contributed by atoms with Gasteiger partial charge in [-0.2, -0.15) is 0 Å². The highest BCUT2D eigenvalue weighted by molar-refractivity contribution is 7.25. The largest absolute Gasteiger partial charge is 0.313 e. The average molecular weight is 721 g/mol. The van der Waals surface area contributed by atoms with E-state index in [1.54, 1.807) is 0 Å². The van der Waals surface area contributed by atoms with Gasteiger partial charge in [0.15, 0.2) is 0 Å². The lowest BCUT2D eigenvalue weighted by Crippen LogP contribution is -2.09. The first-order valence-electron chi connectivity index (χ1n) is 19.0. The van der Waals surface area contributed by atoms with Gasteiger partial charge in [-0.15, -0.1) is 11.3 Å². The number of fused-ring (bicyclic) bond motifs is 7. The van der Waals surface area contributed by atoms with E-state index < -0.39 is 0 Å². The number of thiophene rings is 1. The summed E-state index contributed by atoms with van der Waals surface area (Å²) in [6, 6.07) is 66.7. The van der Waals surface area contributed by atoms with E-state index >= 15 is 0 Å². The maximum Gasteiger partial charge on any atom is 0.0537 e. The Hall–Kier alpha value is -6.68. The van der Waals surface area contributed by atoms with Gasteiger partial charge in [-0.25, -0.2) is 0 Å². The van der Waals surface area contributed by atoms with Gasteiger partial charge in [-0.05, 0) is 125 Å². The number of nitrogens with zero attached hydrogens (tertiary/aromatic N) is 2. The van der Waals surface area contributed by atoms with Crippen LogP contribution in [-0.4, -0.2) is 4.57 Å². The van der Waals surface area contributed by atoms with Gasteiger partial charge >= 0.3 is 0 Å². The fourth-order valence-electron chi connectivity index (χ4n) is 8.59. The summed E-state index contributed by atoms with van der Waals surface area (Å²) in [5, 5.41) is 7.74. The fraction of sp³-hybridized carbons (Fsp3) is 0.0385. The van der Waals surface area contributed by atoms with Crippen LogP contribution in [0.1, 0.15) is 18.4 Å². The summed E-state index contributed by atoms with van der Waals surface area (Å²) in [4.78, 5) is 2.38. The molecule has 0 unspecified atom stereocenters. The molecule has 1 aliphatic rings. The van der Waals surface area contributed by atoms with Crippen molar-refractivity contribution in [3.63, 3.8) is 0 Å². The Morgan fingerprint density at radius 1 is 0.400 bits per heavy atom. The average Bonchev–Trinajstić information content (AvgIpc) is 3.79. The van der Waals surface area contributed by atoms with E-state index in [1.807, 2.05) is 11.3 Å². The van der Waals surface area contributed by atoms with E-state index in [0.717, 1.165) is 29.9 Å². The number of allylic oxidation sites excluding steroid dienone is 4.